The molecule has 0 aliphatic carbocycles. The van der Waals surface area contributed by atoms with Crippen LogP contribution in [0, 0.1) is 0 Å². The van der Waals surface area contributed by atoms with E-state index in [1.807, 2.05) is 24.3 Å². The van der Waals surface area contributed by atoms with E-state index in [0.29, 0.717) is 15.2 Å². The second kappa shape index (κ2) is 8.50. The summed E-state index contributed by atoms with van der Waals surface area (Å²) in [6.45, 7) is 1.69. The van der Waals surface area contributed by atoms with Crippen LogP contribution in [0.2, 0.25) is 0 Å². The van der Waals surface area contributed by atoms with Gasteiger partial charge >= 0.3 is 6.03 Å². The molecule has 2 aromatic rings. The van der Waals surface area contributed by atoms with Gasteiger partial charge in [-0.15, -0.1) is 10.2 Å². The van der Waals surface area contributed by atoms with Crippen LogP contribution in [-0.2, 0) is 4.79 Å². The number of carbonyl (C=O) groups is 2. The van der Waals surface area contributed by atoms with Crippen molar-refractivity contribution in [1.29, 1.82) is 0 Å². The van der Waals surface area contributed by atoms with Gasteiger partial charge in [0, 0.05) is 7.05 Å². The first kappa shape index (κ1) is 18.0. The summed E-state index contributed by atoms with van der Waals surface area (Å²) in [4.78, 5) is 23.0. The van der Waals surface area contributed by atoms with Crippen LogP contribution < -0.4 is 20.7 Å². The maximum atomic E-state index is 11.8. The van der Waals surface area contributed by atoms with Gasteiger partial charge in [0.15, 0.2) is 4.34 Å². The predicted molar refractivity (Wildman–Crippen MR) is 94.1 cm³/mol. The van der Waals surface area contributed by atoms with Crippen LogP contribution in [0.15, 0.2) is 28.6 Å². The van der Waals surface area contributed by atoms with E-state index in [1.54, 1.807) is 14.0 Å². The molecule has 1 atom stereocenters. The number of aromatic nitrogens is 2. The monoisotopic (exact) mass is 367 g/mol. The molecule has 1 aromatic heterocycles. The first-order valence-electron chi connectivity index (χ1n) is 6.96. The van der Waals surface area contributed by atoms with Crippen molar-refractivity contribution >= 4 is 45.9 Å². The Labute approximate surface area is 147 Å². The molecule has 0 fully saturated rings. The Hall–Kier alpha value is -2.33. The average Bonchev–Trinajstić information content (AvgIpc) is 3.02. The Morgan fingerprint density at radius 3 is 2.75 bits per heavy atom. The molecule has 1 heterocycles. The number of imide groups is 1. The Morgan fingerprint density at radius 2 is 2.04 bits per heavy atom. The van der Waals surface area contributed by atoms with E-state index < -0.39 is 17.2 Å². The third kappa shape index (κ3) is 4.83. The molecule has 0 spiro atoms. The Balaban J connectivity index is 1.98. The highest BCUT2D eigenvalue weighted by atomic mass is 32.2. The minimum atomic E-state index is -0.539. The molecule has 8 nitrogen and oxygen atoms in total. The van der Waals surface area contributed by atoms with Gasteiger partial charge < -0.3 is 15.4 Å². The van der Waals surface area contributed by atoms with E-state index in [9.17, 15) is 9.59 Å². The fourth-order valence-electron chi connectivity index (χ4n) is 1.65. The summed E-state index contributed by atoms with van der Waals surface area (Å²) in [6.07, 6.45) is 0. The van der Waals surface area contributed by atoms with Crippen molar-refractivity contribution in [3.8, 4) is 5.75 Å². The Bertz CT molecular complexity index is 722. The lowest BCUT2D eigenvalue weighted by molar-refractivity contribution is -0.119. The third-order valence-electron chi connectivity index (χ3n) is 2.87. The van der Waals surface area contributed by atoms with Gasteiger partial charge in [-0.05, 0) is 19.1 Å². The normalized spacial score (nSPS) is 11.5. The maximum absolute atomic E-state index is 11.8. The highest BCUT2D eigenvalue weighted by Gasteiger charge is 2.19. The number of thioether (sulfide) groups is 1. The number of para-hydroxylation sites is 2. The molecule has 1 aromatic carbocycles. The molecule has 10 heteroatoms. The molecule has 0 aliphatic rings. The van der Waals surface area contributed by atoms with Gasteiger partial charge in [0.1, 0.15) is 5.75 Å². The quantitative estimate of drug-likeness (QED) is 0.672. The summed E-state index contributed by atoms with van der Waals surface area (Å²) in [5, 5.41) is 15.9. The van der Waals surface area contributed by atoms with Crippen LogP contribution in [0.3, 0.4) is 0 Å². The van der Waals surface area contributed by atoms with Crippen molar-refractivity contribution in [2.75, 3.05) is 19.5 Å². The molecule has 3 N–H and O–H groups in total. The lowest BCUT2D eigenvalue weighted by atomic mass is 10.3. The molecule has 0 bridgehead atoms. The van der Waals surface area contributed by atoms with Crippen molar-refractivity contribution in [2.45, 2.75) is 16.5 Å². The van der Waals surface area contributed by atoms with E-state index in [4.69, 9.17) is 4.74 Å². The molecule has 1 unspecified atom stereocenters. The number of hydrogen-bond donors (Lipinski definition) is 3. The second-order valence-electron chi connectivity index (χ2n) is 4.53. The molecule has 0 saturated carbocycles. The zero-order chi connectivity index (χ0) is 17.5. The lowest BCUT2D eigenvalue weighted by Gasteiger charge is -2.08. The summed E-state index contributed by atoms with van der Waals surface area (Å²) >= 11 is 2.54. The van der Waals surface area contributed by atoms with Crippen LogP contribution >= 0.6 is 23.1 Å². The molecule has 128 valence electrons. The van der Waals surface area contributed by atoms with Gasteiger partial charge in [0.25, 0.3) is 0 Å². The number of nitrogens with one attached hydrogen (secondary N) is 3. The number of rotatable bonds is 6. The number of amides is 3. The van der Waals surface area contributed by atoms with Crippen molar-refractivity contribution in [3.05, 3.63) is 24.3 Å². The van der Waals surface area contributed by atoms with Crippen LogP contribution in [0.4, 0.5) is 15.6 Å². The molecule has 3 amide bonds. The summed E-state index contributed by atoms with van der Waals surface area (Å²) in [7, 11) is 3.04. The molecule has 0 aliphatic heterocycles. The predicted octanol–water partition coefficient (Wildman–Crippen LogP) is 2.23. The van der Waals surface area contributed by atoms with Crippen molar-refractivity contribution < 1.29 is 14.3 Å². The maximum Gasteiger partial charge on any atom is 0.321 e. The minimum Gasteiger partial charge on any atom is -0.495 e. The van der Waals surface area contributed by atoms with Gasteiger partial charge in [-0.3, -0.25) is 10.1 Å². The van der Waals surface area contributed by atoms with Gasteiger partial charge in [-0.2, -0.15) is 0 Å². The van der Waals surface area contributed by atoms with E-state index >= 15 is 0 Å². The van der Waals surface area contributed by atoms with Gasteiger partial charge in [-0.1, -0.05) is 35.2 Å². The standard InChI is InChI=1S/C14H17N5O3S2/c1-8(11(20)17-12(21)15-2)23-14-19-18-13(24-14)16-9-6-4-5-7-10(9)22-3/h4-8H,1-3H3,(H,16,18)(H2,15,17,20,21). The van der Waals surface area contributed by atoms with Gasteiger partial charge in [0.2, 0.25) is 11.0 Å². The number of ether oxygens (including phenoxy) is 1. The number of carbonyl (C=O) groups excluding carboxylic acids is 2. The minimum absolute atomic E-state index is 0.395. The van der Waals surface area contributed by atoms with Crippen LogP contribution in [0.5, 0.6) is 5.75 Å². The summed E-state index contributed by atoms with van der Waals surface area (Å²) in [5.41, 5.74) is 0.776. The molecule has 24 heavy (non-hydrogen) atoms. The highest BCUT2D eigenvalue weighted by Crippen LogP contribution is 2.32. The topological polar surface area (TPSA) is 105 Å². The van der Waals surface area contributed by atoms with Crippen molar-refractivity contribution in [2.24, 2.45) is 0 Å². The molecular formula is C14H17N5O3S2. The SMILES string of the molecule is CNC(=O)NC(=O)C(C)Sc1nnc(Nc2ccccc2OC)s1. The van der Waals surface area contributed by atoms with E-state index in [0.717, 1.165) is 5.69 Å². The van der Waals surface area contributed by atoms with E-state index in [1.165, 1.54) is 30.1 Å². The first-order valence-corrected chi connectivity index (χ1v) is 8.66. The van der Waals surface area contributed by atoms with Crippen molar-refractivity contribution in [3.63, 3.8) is 0 Å². The molecule has 0 saturated heterocycles. The van der Waals surface area contributed by atoms with Gasteiger partial charge in [-0.25, -0.2) is 4.79 Å². The zero-order valence-corrected chi connectivity index (χ0v) is 15.0. The van der Waals surface area contributed by atoms with Gasteiger partial charge in [0.05, 0.1) is 18.0 Å². The number of anilines is 2. The lowest BCUT2D eigenvalue weighted by Crippen LogP contribution is -2.41. The van der Waals surface area contributed by atoms with Crippen LogP contribution in [-0.4, -0.2) is 41.5 Å². The summed E-state index contributed by atoms with van der Waals surface area (Å²) < 4.78 is 5.88. The number of urea groups is 1. The molecule has 2 rings (SSSR count). The summed E-state index contributed by atoms with van der Waals surface area (Å²) in [5.74, 6) is 0.300. The fraction of sp³-hybridized carbons (Fsp3) is 0.286. The fourth-order valence-corrected chi connectivity index (χ4v) is 3.56. The Morgan fingerprint density at radius 1 is 1.29 bits per heavy atom. The number of nitrogens with zero attached hydrogens (tertiary/aromatic N) is 2. The van der Waals surface area contributed by atoms with Crippen LogP contribution in [0.1, 0.15) is 6.92 Å². The number of methoxy groups -OCH3 is 1. The van der Waals surface area contributed by atoms with E-state index in [2.05, 4.69) is 26.1 Å². The Kier molecular flexibility index (Phi) is 6.38. The highest BCUT2D eigenvalue weighted by molar-refractivity contribution is 8.02. The number of hydrogen-bond acceptors (Lipinski definition) is 8. The average molecular weight is 367 g/mol. The molecule has 0 radical (unpaired) electrons. The second-order valence-corrected chi connectivity index (χ2v) is 7.09. The largest absolute Gasteiger partial charge is 0.495 e. The zero-order valence-electron chi connectivity index (χ0n) is 13.3. The smallest absolute Gasteiger partial charge is 0.321 e. The first-order chi connectivity index (χ1) is 11.5. The third-order valence-corrected chi connectivity index (χ3v) is 4.89. The van der Waals surface area contributed by atoms with Crippen LogP contribution in [0.25, 0.3) is 0 Å². The number of benzene rings is 1. The summed E-state index contributed by atoms with van der Waals surface area (Å²) in [6, 6.07) is 6.92. The van der Waals surface area contributed by atoms with E-state index in [-0.39, 0.29) is 0 Å². The van der Waals surface area contributed by atoms with Crippen molar-refractivity contribution in [1.82, 2.24) is 20.8 Å². The molecular weight excluding hydrogens is 350 g/mol.